The highest BCUT2D eigenvalue weighted by atomic mass is 35.5. The third-order valence-corrected chi connectivity index (χ3v) is 15.1. The standard InChI is InChI=1S/C43H35ClN4O5S2/c1-21-28-17-23(44)11-15-33(28)55-38(21)31-19-34(46(3)45-31)48-40(51)30-18-29-26(12-13-27-35(29)41(52)47(39(27)50)20-24-8-6-16-54-24)37(43(30,2)42(48)53)36-25-9-5-4-7-22(25)10-14-32(36)49/h4-12,14-17,19,27,29-30,35,37,49H,13,18,20H2,1-3H3/t27-,29+,30-,35-,37+,43+/m0/s1. The first kappa shape index (κ1) is 34.4. The fraction of sp³-hybridized carbons (Fsp3) is 0.279. The van der Waals surface area contributed by atoms with Crippen LogP contribution in [-0.4, -0.2) is 43.4 Å². The molecular weight excluding hydrogens is 752 g/mol. The first-order valence-corrected chi connectivity index (χ1v) is 20.4. The van der Waals surface area contributed by atoms with E-state index < -0.39 is 35.0 Å². The van der Waals surface area contributed by atoms with Gasteiger partial charge in [-0.15, -0.1) is 22.7 Å². The second-order valence-corrected chi connectivity index (χ2v) is 18.0. The van der Waals surface area contributed by atoms with E-state index in [1.165, 1.54) is 21.1 Å². The lowest BCUT2D eigenvalue weighted by molar-refractivity contribution is -0.141. The Kier molecular flexibility index (Phi) is 7.63. The number of aromatic hydroxyl groups is 1. The van der Waals surface area contributed by atoms with Crippen LogP contribution in [-0.2, 0) is 32.8 Å². The van der Waals surface area contributed by atoms with Gasteiger partial charge in [-0.05, 0) is 90.0 Å². The number of benzene rings is 3. The molecule has 0 unspecified atom stereocenters. The number of hydrogen-bond acceptors (Lipinski definition) is 8. The van der Waals surface area contributed by atoms with Crippen molar-refractivity contribution in [3.63, 3.8) is 0 Å². The maximum absolute atomic E-state index is 15.3. The van der Waals surface area contributed by atoms with Crippen LogP contribution < -0.4 is 4.90 Å². The van der Waals surface area contributed by atoms with E-state index in [1.807, 2.05) is 86.0 Å². The smallest absolute Gasteiger partial charge is 0.242 e. The monoisotopic (exact) mass is 786 g/mol. The largest absolute Gasteiger partial charge is 0.508 e. The molecule has 2 aliphatic carbocycles. The van der Waals surface area contributed by atoms with Crippen molar-refractivity contribution in [2.75, 3.05) is 4.90 Å². The SMILES string of the molecule is Cc1c(-c2cc(N3C(=O)[C@@H]4C[C@@H]5C(=CC[C@@H]6C(=O)N(Cc7cccs7)C(=O)[C@@H]65)[C@H](c5c(O)ccc6ccccc56)[C@]4(C)C3=O)n(C)n2)sc2ccc(Cl)cc12. The number of halogens is 1. The third kappa shape index (κ3) is 4.79. The Bertz CT molecular complexity index is 2700. The maximum atomic E-state index is 15.3. The molecule has 1 saturated carbocycles. The molecule has 6 atom stereocenters. The van der Waals surface area contributed by atoms with Crippen molar-refractivity contribution in [2.24, 2.45) is 36.1 Å². The number of amides is 4. The van der Waals surface area contributed by atoms with Gasteiger partial charge in [0, 0.05) is 39.2 Å². The van der Waals surface area contributed by atoms with E-state index >= 15 is 9.59 Å². The van der Waals surface area contributed by atoms with Crippen LogP contribution in [0.15, 0.2) is 89.8 Å². The van der Waals surface area contributed by atoms with Gasteiger partial charge in [-0.25, -0.2) is 4.90 Å². The number of carbonyl (C=O) groups is 4. The molecule has 1 N–H and O–H groups in total. The van der Waals surface area contributed by atoms with E-state index in [4.69, 9.17) is 16.7 Å². The van der Waals surface area contributed by atoms with Crippen LogP contribution in [0.3, 0.4) is 0 Å². The summed E-state index contributed by atoms with van der Waals surface area (Å²) in [5.74, 6) is -4.16. The van der Waals surface area contributed by atoms with Crippen molar-refractivity contribution in [3.05, 3.63) is 111 Å². The van der Waals surface area contributed by atoms with Gasteiger partial charge >= 0.3 is 0 Å². The molecule has 0 bridgehead atoms. The Morgan fingerprint density at radius 1 is 0.945 bits per heavy atom. The van der Waals surface area contributed by atoms with Crippen molar-refractivity contribution in [3.8, 4) is 16.3 Å². The molecule has 3 aromatic carbocycles. The predicted molar refractivity (Wildman–Crippen MR) is 214 cm³/mol. The molecule has 0 radical (unpaired) electrons. The third-order valence-electron chi connectivity index (χ3n) is 12.7. The molecule has 12 heteroatoms. The average molecular weight is 787 g/mol. The molecule has 3 aromatic heterocycles. The summed E-state index contributed by atoms with van der Waals surface area (Å²) in [5, 5.41) is 21.8. The van der Waals surface area contributed by atoms with Crippen LogP contribution in [0, 0.1) is 36.0 Å². The molecule has 2 saturated heterocycles. The second kappa shape index (κ2) is 12.2. The summed E-state index contributed by atoms with van der Waals surface area (Å²) in [6.07, 6.45) is 2.58. The van der Waals surface area contributed by atoms with Gasteiger partial charge in [0.1, 0.15) is 17.3 Å². The zero-order valence-corrected chi connectivity index (χ0v) is 32.5. The molecule has 276 valence electrons. The fourth-order valence-electron chi connectivity index (χ4n) is 10.1. The summed E-state index contributed by atoms with van der Waals surface area (Å²) in [5.41, 5.74) is 1.70. The van der Waals surface area contributed by atoms with Gasteiger partial charge in [-0.1, -0.05) is 59.6 Å². The Morgan fingerprint density at radius 3 is 2.56 bits per heavy atom. The number of rotatable bonds is 5. The lowest BCUT2D eigenvalue weighted by atomic mass is 9.51. The fourth-order valence-corrected chi connectivity index (χ4v) is 12.1. The first-order chi connectivity index (χ1) is 26.5. The molecule has 5 heterocycles. The van der Waals surface area contributed by atoms with E-state index in [-0.39, 0.29) is 42.3 Å². The summed E-state index contributed by atoms with van der Waals surface area (Å²) in [6.45, 7) is 4.06. The Balaban J connectivity index is 1.12. The summed E-state index contributed by atoms with van der Waals surface area (Å²) in [6, 6.07) is 22.6. The number of carbonyl (C=O) groups excluding carboxylic acids is 4. The number of hydrogen-bond donors (Lipinski definition) is 1. The summed E-state index contributed by atoms with van der Waals surface area (Å²) in [4.78, 5) is 63.1. The lowest BCUT2D eigenvalue weighted by Crippen LogP contribution is -2.49. The van der Waals surface area contributed by atoms with Gasteiger partial charge in [0.2, 0.25) is 23.6 Å². The van der Waals surface area contributed by atoms with Crippen LogP contribution in [0.2, 0.25) is 5.02 Å². The molecular formula is C43H35ClN4O5S2. The quantitative estimate of drug-likeness (QED) is 0.138. The van der Waals surface area contributed by atoms with Gasteiger partial charge in [0.05, 0.1) is 34.6 Å². The number of phenolic OH excluding ortho intramolecular Hbond substituents is 1. The zero-order chi connectivity index (χ0) is 38.1. The van der Waals surface area contributed by atoms with Crippen molar-refractivity contribution in [1.29, 1.82) is 0 Å². The number of fused-ring (bicyclic) bond motifs is 6. The number of nitrogens with zero attached hydrogens (tertiary/aromatic N) is 4. The number of likely N-dealkylation sites (tertiary alicyclic amines) is 1. The number of aryl methyl sites for hydroxylation is 2. The highest BCUT2D eigenvalue weighted by molar-refractivity contribution is 7.22. The molecule has 4 aliphatic rings. The summed E-state index contributed by atoms with van der Waals surface area (Å²) in [7, 11) is 1.73. The molecule has 9 nitrogen and oxygen atoms in total. The van der Waals surface area contributed by atoms with E-state index in [1.54, 1.807) is 35.2 Å². The van der Waals surface area contributed by atoms with Gasteiger partial charge in [-0.3, -0.25) is 28.8 Å². The molecule has 2 aliphatic heterocycles. The topological polar surface area (TPSA) is 113 Å². The zero-order valence-electron chi connectivity index (χ0n) is 30.2. The van der Waals surface area contributed by atoms with Crippen molar-refractivity contribution < 1.29 is 24.3 Å². The normalized spacial score (nSPS) is 26.3. The number of imide groups is 2. The van der Waals surface area contributed by atoms with Crippen molar-refractivity contribution in [2.45, 2.75) is 39.2 Å². The van der Waals surface area contributed by atoms with Crippen molar-refractivity contribution >= 4 is 84.6 Å². The Morgan fingerprint density at radius 2 is 1.76 bits per heavy atom. The Labute approximate surface area is 329 Å². The van der Waals surface area contributed by atoms with Crippen LogP contribution in [0.25, 0.3) is 31.4 Å². The molecule has 55 heavy (non-hydrogen) atoms. The highest BCUT2D eigenvalue weighted by Gasteiger charge is 2.68. The summed E-state index contributed by atoms with van der Waals surface area (Å²) >= 11 is 9.41. The number of phenols is 1. The molecule has 4 amide bonds. The minimum atomic E-state index is -1.33. The van der Waals surface area contributed by atoms with Crippen LogP contribution in [0.4, 0.5) is 5.82 Å². The average Bonchev–Trinajstić information content (AvgIpc) is 3.98. The van der Waals surface area contributed by atoms with Gasteiger partial charge in [-0.2, -0.15) is 5.10 Å². The maximum Gasteiger partial charge on any atom is 0.242 e. The van der Waals surface area contributed by atoms with Crippen LogP contribution in [0.1, 0.15) is 41.7 Å². The van der Waals surface area contributed by atoms with E-state index in [9.17, 15) is 14.7 Å². The minimum absolute atomic E-state index is 0.0161. The second-order valence-electron chi connectivity index (χ2n) is 15.4. The van der Waals surface area contributed by atoms with Crippen molar-refractivity contribution in [1.82, 2.24) is 14.7 Å². The van der Waals surface area contributed by atoms with E-state index in [0.29, 0.717) is 28.5 Å². The van der Waals surface area contributed by atoms with Gasteiger partial charge < -0.3 is 5.11 Å². The molecule has 0 spiro atoms. The number of thiophene rings is 2. The van der Waals surface area contributed by atoms with E-state index in [0.717, 1.165) is 41.7 Å². The van der Waals surface area contributed by atoms with Crippen LogP contribution in [0.5, 0.6) is 5.75 Å². The highest BCUT2D eigenvalue weighted by Crippen LogP contribution is 2.65. The summed E-state index contributed by atoms with van der Waals surface area (Å²) < 4.78 is 2.63. The molecule has 6 aromatic rings. The van der Waals surface area contributed by atoms with E-state index in [2.05, 4.69) is 0 Å². The number of aromatic nitrogens is 2. The predicted octanol–water partition coefficient (Wildman–Crippen LogP) is 8.61. The Hall–Kier alpha value is -5.10. The first-order valence-electron chi connectivity index (χ1n) is 18.4. The van der Waals surface area contributed by atoms with Gasteiger partial charge in [0.15, 0.2) is 0 Å². The van der Waals surface area contributed by atoms with Gasteiger partial charge in [0.25, 0.3) is 0 Å². The molecule has 3 fully saturated rings. The lowest BCUT2D eigenvalue weighted by Gasteiger charge is -2.49. The molecule has 10 rings (SSSR count). The van der Waals surface area contributed by atoms with Crippen LogP contribution >= 0.6 is 34.3 Å². The minimum Gasteiger partial charge on any atom is -0.508 e. The number of allylic oxidation sites excluding steroid dienone is 2. The number of anilines is 1.